The van der Waals surface area contributed by atoms with Gasteiger partial charge in [-0.15, -0.1) is 0 Å². The Kier molecular flexibility index (Phi) is 7.25. The lowest BCUT2D eigenvalue weighted by atomic mass is 9.89. The van der Waals surface area contributed by atoms with E-state index >= 15 is 0 Å². The van der Waals surface area contributed by atoms with Crippen LogP contribution in [0.4, 0.5) is 0 Å². The number of unbranched alkanes of at least 4 members (excludes halogenated alkanes) is 1. The molecule has 0 bridgehead atoms. The van der Waals surface area contributed by atoms with Gasteiger partial charge in [-0.05, 0) is 45.1 Å². The molecule has 108 valence electrons. The van der Waals surface area contributed by atoms with Gasteiger partial charge in [0.25, 0.3) is 0 Å². The number of hydrogen-bond donors (Lipinski definition) is 1. The van der Waals surface area contributed by atoms with Crippen LogP contribution >= 0.6 is 0 Å². The van der Waals surface area contributed by atoms with E-state index in [-0.39, 0.29) is 0 Å². The molecule has 2 nitrogen and oxygen atoms in total. The molecule has 2 unspecified atom stereocenters. The normalized spacial score (nSPS) is 26.2. The predicted octanol–water partition coefficient (Wildman–Crippen LogP) is 3.52. The van der Waals surface area contributed by atoms with E-state index < -0.39 is 0 Å². The second kappa shape index (κ2) is 8.16. The van der Waals surface area contributed by atoms with E-state index in [0.29, 0.717) is 12.1 Å². The van der Waals surface area contributed by atoms with E-state index in [1.807, 2.05) is 0 Å². The summed E-state index contributed by atoms with van der Waals surface area (Å²) in [4.78, 5) is 2.67. The van der Waals surface area contributed by atoms with Crippen LogP contribution in [0.15, 0.2) is 0 Å². The average molecular weight is 254 g/mol. The van der Waals surface area contributed by atoms with Gasteiger partial charge in [0.05, 0.1) is 0 Å². The fourth-order valence-electron chi connectivity index (χ4n) is 2.91. The molecule has 1 heterocycles. The largest absolute Gasteiger partial charge is 0.312 e. The maximum absolute atomic E-state index is 3.77. The van der Waals surface area contributed by atoms with E-state index in [1.165, 1.54) is 38.8 Å². The lowest BCUT2D eigenvalue weighted by molar-refractivity contribution is 0.105. The second-order valence-electron chi connectivity index (χ2n) is 6.79. The highest BCUT2D eigenvalue weighted by molar-refractivity contribution is 4.85. The van der Waals surface area contributed by atoms with Crippen molar-refractivity contribution in [1.29, 1.82) is 0 Å². The molecule has 1 aliphatic rings. The lowest BCUT2D eigenvalue weighted by Gasteiger charge is -2.40. The number of nitrogens with zero attached hydrogens (tertiary/aromatic N) is 1. The minimum atomic E-state index is 0.692. The summed E-state index contributed by atoms with van der Waals surface area (Å²) in [6.07, 6.45) is 5.53. The number of piperidine rings is 1. The van der Waals surface area contributed by atoms with Crippen molar-refractivity contribution in [2.75, 3.05) is 19.6 Å². The summed E-state index contributed by atoms with van der Waals surface area (Å²) in [5.41, 5.74) is 0. The van der Waals surface area contributed by atoms with Crippen LogP contribution in [0.2, 0.25) is 0 Å². The quantitative estimate of drug-likeness (QED) is 0.748. The third-order valence-corrected chi connectivity index (χ3v) is 4.08. The third-order valence-electron chi connectivity index (χ3n) is 4.08. The zero-order chi connectivity index (χ0) is 13.5. The van der Waals surface area contributed by atoms with Gasteiger partial charge in [-0.25, -0.2) is 0 Å². The van der Waals surface area contributed by atoms with Crippen molar-refractivity contribution >= 4 is 0 Å². The molecule has 1 saturated heterocycles. The summed E-state index contributed by atoms with van der Waals surface area (Å²) in [5, 5.41) is 3.77. The first-order valence-electron chi connectivity index (χ1n) is 8.00. The number of hydrogen-bond acceptors (Lipinski definition) is 2. The van der Waals surface area contributed by atoms with Crippen LogP contribution in [-0.4, -0.2) is 36.6 Å². The van der Waals surface area contributed by atoms with Gasteiger partial charge < -0.3 is 5.32 Å². The topological polar surface area (TPSA) is 15.3 Å². The van der Waals surface area contributed by atoms with Crippen molar-refractivity contribution in [2.24, 2.45) is 11.8 Å². The zero-order valence-electron chi connectivity index (χ0n) is 13.2. The van der Waals surface area contributed by atoms with Crippen LogP contribution in [0.1, 0.15) is 60.3 Å². The number of rotatable bonds is 7. The average Bonchev–Trinajstić information content (AvgIpc) is 2.33. The fraction of sp³-hybridized carbons (Fsp3) is 1.00. The summed E-state index contributed by atoms with van der Waals surface area (Å²) in [6.45, 7) is 15.3. The summed E-state index contributed by atoms with van der Waals surface area (Å²) >= 11 is 0. The molecule has 2 heteroatoms. The SMILES string of the molecule is CCCCC1CC(NCC(C)C)CN(C(C)C)C1. The molecule has 2 atom stereocenters. The summed E-state index contributed by atoms with van der Waals surface area (Å²) in [6, 6.07) is 1.41. The molecular formula is C16H34N2. The molecule has 0 aliphatic carbocycles. The maximum Gasteiger partial charge on any atom is 0.0198 e. The molecule has 1 N–H and O–H groups in total. The van der Waals surface area contributed by atoms with E-state index in [4.69, 9.17) is 0 Å². The highest BCUT2D eigenvalue weighted by Crippen LogP contribution is 2.23. The van der Waals surface area contributed by atoms with Gasteiger partial charge in [-0.2, -0.15) is 0 Å². The second-order valence-corrected chi connectivity index (χ2v) is 6.79. The Balaban J connectivity index is 2.45. The highest BCUT2D eigenvalue weighted by atomic mass is 15.2. The van der Waals surface area contributed by atoms with Crippen LogP contribution in [-0.2, 0) is 0 Å². The number of nitrogens with one attached hydrogen (secondary N) is 1. The molecule has 0 amide bonds. The van der Waals surface area contributed by atoms with E-state index in [9.17, 15) is 0 Å². The standard InChI is InChI=1S/C16H34N2/c1-6-7-8-15-9-16(17-10-13(2)3)12-18(11-15)14(4)5/h13-17H,6-12H2,1-5H3. The Labute approximate surface area is 115 Å². The van der Waals surface area contributed by atoms with Crippen molar-refractivity contribution in [3.05, 3.63) is 0 Å². The van der Waals surface area contributed by atoms with Gasteiger partial charge in [0.1, 0.15) is 0 Å². The van der Waals surface area contributed by atoms with Gasteiger partial charge in [-0.1, -0.05) is 33.6 Å². The van der Waals surface area contributed by atoms with Crippen LogP contribution in [0.5, 0.6) is 0 Å². The van der Waals surface area contributed by atoms with Gasteiger partial charge in [0.15, 0.2) is 0 Å². The first-order valence-corrected chi connectivity index (χ1v) is 8.00. The molecular weight excluding hydrogens is 220 g/mol. The van der Waals surface area contributed by atoms with Gasteiger partial charge in [-0.3, -0.25) is 4.90 Å². The summed E-state index contributed by atoms with van der Waals surface area (Å²) in [7, 11) is 0. The minimum absolute atomic E-state index is 0.692. The van der Waals surface area contributed by atoms with E-state index in [1.54, 1.807) is 0 Å². The predicted molar refractivity (Wildman–Crippen MR) is 81.0 cm³/mol. The molecule has 18 heavy (non-hydrogen) atoms. The lowest BCUT2D eigenvalue weighted by Crippen LogP contribution is -2.52. The number of likely N-dealkylation sites (tertiary alicyclic amines) is 1. The molecule has 0 aromatic carbocycles. The molecule has 0 aromatic rings. The zero-order valence-corrected chi connectivity index (χ0v) is 13.2. The Morgan fingerprint density at radius 2 is 1.89 bits per heavy atom. The van der Waals surface area contributed by atoms with Gasteiger partial charge >= 0.3 is 0 Å². The first-order chi connectivity index (χ1) is 8.52. The Hall–Kier alpha value is -0.0800. The van der Waals surface area contributed by atoms with Gasteiger partial charge in [0, 0.05) is 25.2 Å². The minimum Gasteiger partial charge on any atom is -0.312 e. The molecule has 0 saturated carbocycles. The molecule has 1 aliphatic heterocycles. The molecule has 1 rings (SSSR count). The Morgan fingerprint density at radius 3 is 2.44 bits per heavy atom. The fourth-order valence-corrected chi connectivity index (χ4v) is 2.91. The molecule has 0 spiro atoms. The monoisotopic (exact) mass is 254 g/mol. The molecule has 0 aromatic heterocycles. The molecule has 0 radical (unpaired) electrons. The van der Waals surface area contributed by atoms with Crippen LogP contribution in [0, 0.1) is 11.8 Å². The summed E-state index contributed by atoms with van der Waals surface area (Å²) < 4.78 is 0. The van der Waals surface area contributed by atoms with Crippen molar-refractivity contribution in [2.45, 2.75) is 72.4 Å². The van der Waals surface area contributed by atoms with E-state index in [2.05, 4.69) is 44.8 Å². The van der Waals surface area contributed by atoms with E-state index in [0.717, 1.165) is 18.4 Å². The van der Waals surface area contributed by atoms with Gasteiger partial charge in [0.2, 0.25) is 0 Å². The van der Waals surface area contributed by atoms with Crippen molar-refractivity contribution in [3.8, 4) is 0 Å². The first kappa shape index (κ1) is 16.0. The van der Waals surface area contributed by atoms with Crippen molar-refractivity contribution in [3.63, 3.8) is 0 Å². The smallest absolute Gasteiger partial charge is 0.0198 e. The van der Waals surface area contributed by atoms with Crippen LogP contribution < -0.4 is 5.32 Å². The maximum atomic E-state index is 3.77. The van der Waals surface area contributed by atoms with Crippen LogP contribution in [0.3, 0.4) is 0 Å². The highest BCUT2D eigenvalue weighted by Gasteiger charge is 2.27. The third kappa shape index (κ3) is 5.71. The van der Waals surface area contributed by atoms with Crippen LogP contribution in [0.25, 0.3) is 0 Å². The Morgan fingerprint density at radius 1 is 1.17 bits per heavy atom. The summed E-state index contributed by atoms with van der Waals surface area (Å²) in [5.74, 6) is 1.67. The molecule has 1 fully saturated rings. The Bertz CT molecular complexity index is 213. The van der Waals surface area contributed by atoms with Crippen molar-refractivity contribution in [1.82, 2.24) is 10.2 Å². The van der Waals surface area contributed by atoms with Crippen molar-refractivity contribution < 1.29 is 0 Å².